The summed E-state index contributed by atoms with van der Waals surface area (Å²) in [5.41, 5.74) is 2.90. The molecule has 0 aliphatic rings. The van der Waals surface area contributed by atoms with Gasteiger partial charge in [0.2, 0.25) is 5.91 Å². The van der Waals surface area contributed by atoms with Gasteiger partial charge in [-0.3, -0.25) is 9.59 Å². The van der Waals surface area contributed by atoms with Crippen LogP contribution in [0.15, 0.2) is 79.0 Å². The highest BCUT2D eigenvalue weighted by molar-refractivity contribution is 6.33. The van der Waals surface area contributed by atoms with Gasteiger partial charge < -0.3 is 15.6 Å². The summed E-state index contributed by atoms with van der Waals surface area (Å²) in [5, 5.41) is 7.05. The first-order valence-corrected chi connectivity index (χ1v) is 11.0. The number of nitrogens with one attached hydrogen (secondary N) is 3. The number of benzene rings is 3. The summed E-state index contributed by atoms with van der Waals surface area (Å²) in [6.45, 7) is 1.81. The Labute approximate surface area is 196 Å². The Balaban J connectivity index is 1.58. The van der Waals surface area contributed by atoms with Crippen LogP contribution in [0.3, 0.4) is 0 Å². The van der Waals surface area contributed by atoms with Gasteiger partial charge in [-0.25, -0.2) is 4.39 Å². The molecule has 0 saturated heterocycles. The van der Waals surface area contributed by atoms with E-state index >= 15 is 0 Å². The molecule has 0 spiro atoms. The van der Waals surface area contributed by atoms with Crippen molar-refractivity contribution >= 4 is 34.3 Å². The van der Waals surface area contributed by atoms with Crippen LogP contribution >= 0.6 is 11.6 Å². The summed E-state index contributed by atoms with van der Waals surface area (Å²) in [6.07, 6.45) is 2.12. The normalized spacial score (nSPS) is 12.8. The molecule has 3 aromatic carbocycles. The van der Waals surface area contributed by atoms with Crippen LogP contribution in [0.2, 0.25) is 5.02 Å². The first kappa shape index (κ1) is 22.6. The summed E-state index contributed by atoms with van der Waals surface area (Å²) < 4.78 is 13.3. The fourth-order valence-electron chi connectivity index (χ4n) is 3.76. The van der Waals surface area contributed by atoms with Crippen LogP contribution in [-0.2, 0) is 11.2 Å². The molecular weight excluding hydrogens is 441 g/mol. The number of aromatic nitrogens is 1. The number of H-pyrrole nitrogens is 1. The number of carbonyl (C=O) groups is 2. The van der Waals surface area contributed by atoms with Crippen molar-refractivity contribution in [2.24, 2.45) is 0 Å². The highest BCUT2D eigenvalue weighted by atomic mass is 35.5. The minimum atomic E-state index is -0.851. The van der Waals surface area contributed by atoms with E-state index in [1.54, 1.807) is 36.4 Å². The van der Waals surface area contributed by atoms with E-state index < -0.39 is 11.9 Å². The van der Waals surface area contributed by atoms with Gasteiger partial charge in [0, 0.05) is 23.5 Å². The molecule has 2 atom stereocenters. The molecule has 2 amide bonds. The molecule has 0 aliphatic carbocycles. The molecule has 7 heteroatoms. The van der Waals surface area contributed by atoms with Gasteiger partial charge >= 0.3 is 0 Å². The average Bonchev–Trinajstić information content (AvgIpc) is 3.22. The van der Waals surface area contributed by atoms with Crippen LogP contribution in [0.5, 0.6) is 0 Å². The smallest absolute Gasteiger partial charge is 0.253 e. The second-order valence-corrected chi connectivity index (χ2v) is 8.26. The van der Waals surface area contributed by atoms with E-state index in [0.717, 1.165) is 22.0 Å². The second-order valence-electron chi connectivity index (χ2n) is 7.85. The third-order valence-corrected chi connectivity index (χ3v) is 5.90. The number of aromatic amines is 1. The van der Waals surface area contributed by atoms with Gasteiger partial charge in [-0.1, -0.05) is 54.1 Å². The maximum absolute atomic E-state index is 13.3. The largest absolute Gasteiger partial charge is 0.361 e. The van der Waals surface area contributed by atoms with E-state index in [-0.39, 0.29) is 24.2 Å². The Kier molecular flexibility index (Phi) is 6.75. The van der Waals surface area contributed by atoms with Crippen molar-refractivity contribution in [1.29, 1.82) is 0 Å². The number of halogens is 2. The molecule has 168 valence electrons. The summed E-state index contributed by atoms with van der Waals surface area (Å²) in [5.74, 6) is -1.13. The van der Waals surface area contributed by atoms with Gasteiger partial charge in [0.25, 0.3) is 5.91 Å². The maximum Gasteiger partial charge on any atom is 0.253 e. The molecule has 4 aromatic rings. The molecule has 4 rings (SSSR count). The monoisotopic (exact) mass is 463 g/mol. The minimum absolute atomic E-state index is 0.280. The van der Waals surface area contributed by atoms with Gasteiger partial charge in [-0.05, 0) is 48.4 Å². The summed E-state index contributed by atoms with van der Waals surface area (Å²) in [7, 11) is 0. The topological polar surface area (TPSA) is 74.0 Å². The van der Waals surface area contributed by atoms with Crippen LogP contribution in [0.25, 0.3) is 10.9 Å². The van der Waals surface area contributed by atoms with E-state index in [4.69, 9.17) is 11.6 Å². The third kappa shape index (κ3) is 5.23. The van der Waals surface area contributed by atoms with Crippen molar-refractivity contribution in [2.75, 3.05) is 0 Å². The van der Waals surface area contributed by atoms with E-state index in [0.29, 0.717) is 10.6 Å². The molecule has 0 unspecified atom stereocenters. The van der Waals surface area contributed by atoms with Crippen molar-refractivity contribution in [1.82, 2.24) is 15.6 Å². The minimum Gasteiger partial charge on any atom is -0.361 e. The fourth-order valence-corrected chi connectivity index (χ4v) is 3.98. The Morgan fingerprint density at radius 3 is 2.42 bits per heavy atom. The van der Waals surface area contributed by atoms with Gasteiger partial charge in [-0.15, -0.1) is 0 Å². The molecule has 0 bridgehead atoms. The zero-order chi connectivity index (χ0) is 23.4. The van der Waals surface area contributed by atoms with Crippen molar-refractivity contribution in [3.63, 3.8) is 0 Å². The first-order valence-electron chi connectivity index (χ1n) is 10.6. The third-order valence-electron chi connectivity index (χ3n) is 5.57. The van der Waals surface area contributed by atoms with Crippen LogP contribution in [0.4, 0.5) is 4.39 Å². The lowest BCUT2D eigenvalue weighted by atomic mass is 10.0. The van der Waals surface area contributed by atoms with Crippen LogP contribution < -0.4 is 10.6 Å². The van der Waals surface area contributed by atoms with E-state index in [1.165, 1.54) is 12.1 Å². The summed E-state index contributed by atoms with van der Waals surface area (Å²) in [4.78, 5) is 29.4. The molecule has 0 saturated carbocycles. The lowest BCUT2D eigenvalue weighted by Crippen LogP contribution is -2.48. The van der Waals surface area contributed by atoms with Gasteiger partial charge in [0.1, 0.15) is 11.9 Å². The van der Waals surface area contributed by atoms with Gasteiger partial charge in [0.15, 0.2) is 0 Å². The standard InChI is InChI=1S/C26H23ClFN3O2/c1-16(17-10-12-19(28)13-11-17)30-26(33)24(31-25(32)21-7-2-4-8-22(21)27)14-18-15-29-23-9-5-3-6-20(18)23/h2-13,15-16,24,29H,14H2,1H3,(H,30,33)(H,31,32)/t16-,24+/m0/s1. The van der Waals surface area contributed by atoms with E-state index in [1.807, 2.05) is 37.4 Å². The highest BCUT2D eigenvalue weighted by Gasteiger charge is 2.25. The molecular formula is C26H23ClFN3O2. The first-order chi connectivity index (χ1) is 15.9. The van der Waals surface area contributed by atoms with Gasteiger partial charge in [0.05, 0.1) is 16.6 Å². The summed E-state index contributed by atoms with van der Waals surface area (Å²) in [6, 6.07) is 19.2. The fraction of sp³-hybridized carbons (Fsp3) is 0.154. The van der Waals surface area contributed by atoms with Crippen molar-refractivity contribution < 1.29 is 14.0 Å². The molecule has 33 heavy (non-hydrogen) atoms. The predicted octanol–water partition coefficient (Wildman–Crippen LogP) is 5.18. The lowest BCUT2D eigenvalue weighted by molar-refractivity contribution is -0.123. The SMILES string of the molecule is C[C@H](NC(=O)[C@@H](Cc1c[nH]c2ccccc12)NC(=O)c1ccccc1Cl)c1ccc(F)cc1. The Bertz CT molecular complexity index is 1290. The summed E-state index contributed by atoms with van der Waals surface area (Å²) >= 11 is 6.18. The number of para-hydroxylation sites is 1. The zero-order valence-electron chi connectivity index (χ0n) is 17.9. The van der Waals surface area contributed by atoms with Crippen molar-refractivity contribution in [3.05, 3.63) is 107 Å². The number of carbonyl (C=O) groups excluding carboxylic acids is 2. The van der Waals surface area contributed by atoms with Crippen molar-refractivity contribution in [2.45, 2.75) is 25.4 Å². The molecule has 0 aliphatic heterocycles. The molecule has 0 radical (unpaired) electrons. The van der Waals surface area contributed by atoms with E-state index in [9.17, 15) is 14.0 Å². The molecule has 0 fully saturated rings. The van der Waals surface area contributed by atoms with Crippen molar-refractivity contribution in [3.8, 4) is 0 Å². The number of amides is 2. The number of fused-ring (bicyclic) bond motifs is 1. The van der Waals surface area contributed by atoms with Gasteiger partial charge in [-0.2, -0.15) is 0 Å². The Morgan fingerprint density at radius 1 is 0.970 bits per heavy atom. The Morgan fingerprint density at radius 2 is 1.67 bits per heavy atom. The molecule has 1 aromatic heterocycles. The molecule has 1 heterocycles. The quantitative estimate of drug-likeness (QED) is 0.353. The zero-order valence-corrected chi connectivity index (χ0v) is 18.7. The number of rotatable bonds is 7. The average molecular weight is 464 g/mol. The molecule has 3 N–H and O–H groups in total. The second kappa shape index (κ2) is 9.88. The number of hydrogen-bond donors (Lipinski definition) is 3. The van der Waals surface area contributed by atoms with Crippen LogP contribution in [0.1, 0.15) is 34.5 Å². The lowest BCUT2D eigenvalue weighted by Gasteiger charge is -2.22. The number of hydrogen-bond acceptors (Lipinski definition) is 2. The van der Waals surface area contributed by atoms with Crippen LogP contribution in [-0.4, -0.2) is 22.8 Å². The Hall–Kier alpha value is -3.64. The maximum atomic E-state index is 13.3. The predicted molar refractivity (Wildman–Crippen MR) is 128 cm³/mol. The molecule has 5 nitrogen and oxygen atoms in total. The highest BCUT2D eigenvalue weighted by Crippen LogP contribution is 2.21. The van der Waals surface area contributed by atoms with E-state index in [2.05, 4.69) is 15.6 Å². The van der Waals surface area contributed by atoms with Crippen LogP contribution in [0, 0.1) is 5.82 Å².